The van der Waals surface area contributed by atoms with Gasteiger partial charge in [-0.2, -0.15) is 0 Å². The molecular formula is C20H21N3O2. The largest absolute Gasteiger partial charge is 0.337 e. The molecule has 0 aliphatic heterocycles. The molecule has 0 radical (unpaired) electrons. The predicted octanol–water partition coefficient (Wildman–Crippen LogP) is 2.54. The fraction of sp³-hybridized carbons (Fsp3) is 0.200. The predicted molar refractivity (Wildman–Crippen MR) is 100 cm³/mol. The van der Waals surface area contributed by atoms with E-state index in [0.717, 1.165) is 22.2 Å². The van der Waals surface area contributed by atoms with Crippen molar-refractivity contribution in [3.8, 4) is 11.1 Å². The van der Waals surface area contributed by atoms with Gasteiger partial charge in [-0.25, -0.2) is 5.43 Å². The summed E-state index contributed by atoms with van der Waals surface area (Å²) in [5.41, 5.74) is 9.55. The molecule has 3 aromatic rings. The number of aromatic nitrogens is 1. The van der Waals surface area contributed by atoms with E-state index in [1.807, 2.05) is 60.9 Å². The molecule has 0 saturated carbocycles. The number of carbonyl (C=O) groups excluding carboxylic acids is 1. The van der Waals surface area contributed by atoms with Crippen molar-refractivity contribution < 1.29 is 4.79 Å². The lowest BCUT2D eigenvalue weighted by Crippen LogP contribution is -2.36. The van der Waals surface area contributed by atoms with Gasteiger partial charge in [-0.1, -0.05) is 35.9 Å². The number of nitrogens with one attached hydrogen (secondary N) is 2. The molecular weight excluding hydrogens is 314 g/mol. The van der Waals surface area contributed by atoms with E-state index in [9.17, 15) is 9.59 Å². The van der Waals surface area contributed by atoms with E-state index in [2.05, 4.69) is 10.9 Å². The van der Waals surface area contributed by atoms with Crippen molar-refractivity contribution >= 4 is 16.8 Å². The van der Waals surface area contributed by atoms with E-state index in [-0.39, 0.29) is 17.9 Å². The Kier molecular flexibility index (Phi) is 4.67. The highest BCUT2D eigenvalue weighted by atomic mass is 16.2. The van der Waals surface area contributed by atoms with Crippen LogP contribution in [0.25, 0.3) is 22.0 Å². The maximum Gasteiger partial charge on any atom is 0.253 e. The fourth-order valence-corrected chi connectivity index (χ4v) is 2.90. The Morgan fingerprint density at radius 2 is 1.72 bits per heavy atom. The first kappa shape index (κ1) is 16.9. The van der Waals surface area contributed by atoms with Crippen LogP contribution in [0.15, 0.2) is 53.5 Å². The second kappa shape index (κ2) is 6.91. The van der Waals surface area contributed by atoms with Gasteiger partial charge < -0.3 is 4.57 Å². The Morgan fingerprint density at radius 3 is 2.40 bits per heavy atom. The number of hydrogen-bond acceptors (Lipinski definition) is 3. The van der Waals surface area contributed by atoms with Crippen LogP contribution in [0.4, 0.5) is 0 Å². The number of pyridine rings is 1. The molecule has 0 fully saturated rings. The normalized spacial score (nSPS) is 10.8. The third-order valence-electron chi connectivity index (χ3n) is 4.18. The van der Waals surface area contributed by atoms with Crippen LogP contribution in [0.1, 0.15) is 11.1 Å². The van der Waals surface area contributed by atoms with Crippen molar-refractivity contribution in [2.24, 2.45) is 0 Å². The highest BCUT2D eigenvalue weighted by Gasteiger charge is 2.13. The third kappa shape index (κ3) is 3.46. The van der Waals surface area contributed by atoms with Crippen molar-refractivity contribution in [3.63, 3.8) is 0 Å². The Bertz CT molecular complexity index is 988. The van der Waals surface area contributed by atoms with Crippen LogP contribution in [-0.4, -0.2) is 17.5 Å². The van der Waals surface area contributed by atoms with Gasteiger partial charge in [-0.05, 0) is 37.1 Å². The second-order valence-corrected chi connectivity index (χ2v) is 6.18. The molecule has 5 nitrogen and oxygen atoms in total. The summed E-state index contributed by atoms with van der Waals surface area (Å²) in [5.74, 6) is -0.177. The lowest BCUT2D eigenvalue weighted by Gasteiger charge is -2.14. The molecule has 0 atom stereocenters. The van der Waals surface area contributed by atoms with E-state index in [4.69, 9.17) is 0 Å². The van der Waals surface area contributed by atoms with Crippen molar-refractivity contribution in [2.75, 3.05) is 7.05 Å². The van der Waals surface area contributed by atoms with Crippen molar-refractivity contribution in [1.29, 1.82) is 0 Å². The van der Waals surface area contributed by atoms with Gasteiger partial charge in [0.15, 0.2) is 5.43 Å². The summed E-state index contributed by atoms with van der Waals surface area (Å²) in [6.45, 7) is 4.10. The van der Waals surface area contributed by atoms with Crippen molar-refractivity contribution in [3.05, 3.63) is 70.0 Å². The van der Waals surface area contributed by atoms with Gasteiger partial charge in [0.1, 0.15) is 6.54 Å². The van der Waals surface area contributed by atoms with Gasteiger partial charge in [-0.15, -0.1) is 0 Å². The Labute approximate surface area is 146 Å². The van der Waals surface area contributed by atoms with Crippen LogP contribution >= 0.6 is 0 Å². The molecule has 0 bridgehead atoms. The smallest absolute Gasteiger partial charge is 0.253 e. The first-order chi connectivity index (χ1) is 12.0. The molecule has 5 heteroatoms. The zero-order valence-corrected chi connectivity index (χ0v) is 14.6. The average molecular weight is 335 g/mol. The van der Waals surface area contributed by atoms with Crippen LogP contribution in [0.5, 0.6) is 0 Å². The quantitative estimate of drug-likeness (QED) is 0.720. The molecule has 1 amide bonds. The minimum Gasteiger partial charge on any atom is -0.337 e. The highest BCUT2D eigenvalue weighted by molar-refractivity contribution is 5.86. The van der Waals surface area contributed by atoms with E-state index in [1.54, 1.807) is 13.2 Å². The van der Waals surface area contributed by atoms with Gasteiger partial charge in [0.2, 0.25) is 0 Å². The van der Waals surface area contributed by atoms with Crippen LogP contribution in [-0.2, 0) is 11.3 Å². The molecule has 128 valence electrons. The molecule has 0 aliphatic rings. The highest BCUT2D eigenvalue weighted by Crippen LogP contribution is 2.21. The number of nitrogens with zero attached hydrogens (tertiary/aromatic N) is 1. The number of carbonyl (C=O) groups is 1. The number of rotatable bonds is 4. The van der Waals surface area contributed by atoms with E-state index < -0.39 is 0 Å². The molecule has 1 heterocycles. The number of hydrazine groups is 1. The maximum atomic E-state index is 13.0. The molecule has 0 spiro atoms. The summed E-state index contributed by atoms with van der Waals surface area (Å²) >= 11 is 0. The van der Waals surface area contributed by atoms with Gasteiger partial charge in [0, 0.05) is 24.2 Å². The summed E-state index contributed by atoms with van der Waals surface area (Å²) in [7, 11) is 1.64. The minimum absolute atomic E-state index is 0.0240. The van der Waals surface area contributed by atoms with Crippen molar-refractivity contribution in [2.45, 2.75) is 20.4 Å². The van der Waals surface area contributed by atoms with Crippen LogP contribution < -0.4 is 16.3 Å². The fourth-order valence-electron chi connectivity index (χ4n) is 2.90. The first-order valence-electron chi connectivity index (χ1n) is 8.16. The van der Waals surface area contributed by atoms with Gasteiger partial charge >= 0.3 is 0 Å². The molecule has 0 aliphatic carbocycles. The molecule has 1 aromatic heterocycles. The Balaban J connectivity index is 2.23. The zero-order chi connectivity index (χ0) is 18.0. The lowest BCUT2D eigenvalue weighted by atomic mass is 10.0. The van der Waals surface area contributed by atoms with E-state index in [1.165, 1.54) is 0 Å². The van der Waals surface area contributed by atoms with Crippen molar-refractivity contribution in [1.82, 2.24) is 15.4 Å². The van der Waals surface area contributed by atoms with Crippen LogP contribution in [0.3, 0.4) is 0 Å². The van der Waals surface area contributed by atoms with Crippen LogP contribution in [0, 0.1) is 13.8 Å². The van der Waals surface area contributed by atoms with E-state index in [0.29, 0.717) is 10.9 Å². The minimum atomic E-state index is -0.177. The summed E-state index contributed by atoms with van der Waals surface area (Å²) in [4.78, 5) is 25.0. The second-order valence-electron chi connectivity index (χ2n) is 6.18. The average Bonchev–Trinajstić information content (AvgIpc) is 2.58. The standard InChI is InChI=1S/C20H21N3O2/c1-13-4-7-15(8-5-13)17-11-23(12-19(24)22-21-3)18-10-14(2)6-9-16(18)20(17)25/h4-11,21H,12H2,1-3H3,(H,22,24). The molecule has 2 N–H and O–H groups in total. The summed E-state index contributed by atoms with van der Waals surface area (Å²) in [5, 5.41) is 0.612. The first-order valence-corrected chi connectivity index (χ1v) is 8.16. The number of benzene rings is 2. The monoisotopic (exact) mass is 335 g/mol. The summed E-state index contributed by atoms with van der Waals surface area (Å²) in [6.07, 6.45) is 1.77. The van der Waals surface area contributed by atoms with Gasteiger partial charge in [-0.3, -0.25) is 15.0 Å². The van der Waals surface area contributed by atoms with Crippen LogP contribution in [0.2, 0.25) is 0 Å². The summed E-state index contributed by atoms with van der Waals surface area (Å²) < 4.78 is 1.82. The number of fused-ring (bicyclic) bond motifs is 1. The van der Waals surface area contributed by atoms with Gasteiger partial charge in [0.05, 0.1) is 5.52 Å². The molecule has 3 rings (SSSR count). The molecule has 0 unspecified atom stereocenters. The third-order valence-corrected chi connectivity index (χ3v) is 4.18. The number of amides is 1. The Hall–Kier alpha value is -2.92. The van der Waals surface area contributed by atoms with E-state index >= 15 is 0 Å². The zero-order valence-electron chi connectivity index (χ0n) is 14.6. The van der Waals surface area contributed by atoms with Gasteiger partial charge in [0.25, 0.3) is 5.91 Å². The Morgan fingerprint density at radius 1 is 1.04 bits per heavy atom. The lowest BCUT2D eigenvalue weighted by molar-refractivity contribution is -0.122. The summed E-state index contributed by atoms with van der Waals surface area (Å²) in [6, 6.07) is 13.5. The SMILES string of the molecule is CNNC(=O)Cn1cc(-c2ccc(C)cc2)c(=O)c2ccc(C)cc21. The number of aryl methyl sites for hydroxylation is 2. The topological polar surface area (TPSA) is 63.1 Å². The molecule has 25 heavy (non-hydrogen) atoms. The number of hydrogen-bond donors (Lipinski definition) is 2. The maximum absolute atomic E-state index is 13.0. The molecule has 2 aromatic carbocycles. The molecule has 0 saturated heterocycles.